The summed E-state index contributed by atoms with van der Waals surface area (Å²) in [6.45, 7) is 0. The molecule has 0 saturated carbocycles. The minimum atomic E-state index is -1.13. The topological polar surface area (TPSA) is 79.3 Å². The molecule has 0 saturated heterocycles. The molecule has 0 aliphatic heterocycles. The Morgan fingerprint density at radius 1 is 1.15 bits per heavy atom. The Morgan fingerprint density at radius 3 is 2.45 bits per heavy atom. The summed E-state index contributed by atoms with van der Waals surface area (Å²) in [4.78, 5) is 26.6. The van der Waals surface area contributed by atoms with Gasteiger partial charge in [0.2, 0.25) is 0 Å². The summed E-state index contributed by atoms with van der Waals surface area (Å²) in [5.74, 6) is -1.58. The lowest BCUT2D eigenvalue weighted by Gasteiger charge is -2.06. The van der Waals surface area contributed by atoms with E-state index in [9.17, 15) is 9.59 Å². The molecule has 5 nitrogen and oxygen atoms in total. The molecule has 0 aliphatic carbocycles. The van der Waals surface area contributed by atoms with Crippen molar-refractivity contribution in [3.05, 3.63) is 57.8 Å². The van der Waals surface area contributed by atoms with Crippen molar-refractivity contribution in [2.24, 2.45) is 0 Å². The predicted molar refractivity (Wildman–Crippen MR) is 75.6 cm³/mol. The van der Waals surface area contributed by atoms with E-state index in [2.05, 4.69) is 10.3 Å². The van der Waals surface area contributed by atoms with Gasteiger partial charge < -0.3 is 10.4 Å². The van der Waals surface area contributed by atoms with Crippen molar-refractivity contribution in [1.29, 1.82) is 0 Å². The molecular formula is C13H8Cl2N2O3. The van der Waals surface area contributed by atoms with Gasteiger partial charge >= 0.3 is 5.97 Å². The number of halogens is 2. The predicted octanol–water partition coefficient (Wildman–Crippen LogP) is 3.34. The highest BCUT2D eigenvalue weighted by molar-refractivity contribution is 6.34. The standard InChI is InChI=1S/C13H8Cl2N2O3/c14-7-1-4-11(16-6-7)12(18)17-8-2-3-9(13(19)20)10(15)5-8/h1-6H,(H,17,18)(H,19,20). The Labute approximate surface area is 124 Å². The quantitative estimate of drug-likeness (QED) is 0.911. The maximum absolute atomic E-state index is 11.9. The second-order valence-corrected chi connectivity index (χ2v) is 4.66. The van der Waals surface area contributed by atoms with E-state index >= 15 is 0 Å². The number of benzene rings is 1. The van der Waals surface area contributed by atoms with Crippen LogP contribution in [0.2, 0.25) is 10.0 Å². The highest BCUT2D eigenvalue weighted by Crippen LogP contribution is 2.21. The van der Waals surface area contributed by atoms with Gasteiger partial charge in [-0.3, -0.25) is 4.79 Å². The fourth-order valence-electron chi connectivity index (χ4n) is 1.47. The highest BCUT2D eigenvalue weighted by atomic mass is 35.5. The molecule has 0 aliphatic rings. The third kappa shape index (κ3) is 3.26. The minimum Gasteiger partial charge on any atom is -0.478 e. The third-order valence-electron chi connectivity index (χ3n) is 2.42. The number of carboxylic acids is 1. The van der Waals surface area contributed by atoms with Gasteiger partial charge in [0.05, 0.1) is 15.6 Å². The molecular weight excluding hydrogens is 303 g/mol. The number of nitrogens with zero attached hydrogens (tertiary/aromatic N) is 1. The van der Waals surface area contributed by atoms with Crippen LogP contribution in [0.5, 0.6) is 0 Å². The zero-order valence-corrected chi connectivity index (χ0v) is 11.4. The zero-order chi connectivity index (χ0) is 14.7. The molecule has 2 N–H and O–H groups in total. The van der Waals surface area contributed by atoms with Crippen LogP contribution in [0.15, 0.2) is 36.5 Å². The molecule has 0 atom stereocenters. The molecule has 7 heteroatoms. The van der Waals surface area contributed by atoms with Crippen LogP contribution in [-0.2, 0) is 0 Å². The van der Waals surface area contributed by atoms with Crippen molar-refractivity contribution < 1.29 is 14.7 Å². The van der Waals surface area contributed by atoms with Gasteiger partial charge in [-0.2, -0.15) is 0 Å². The van der Waals surface area contributed by atoms with Crippen LogP contribution in [0.25, 0.3) is 0 Å². The molecule has 1 heterocycles. The average molecular weight is 311 g/mol. The largest absolute Gasteiger partial charge is 0.478 e. The molecule has 2 rings (SSSR count). The van der Waals surface area contributed by atoms with Crippen molar-refractivity contribution in [3.8, 4) is 0 Å². The average Bonchev–Trinajstić information content (AvgIpc) is 2.39. The first-order chi connectivity index (χ1) is 9.47. The van der Waals surface area contributed by atoms with Crippen LogP contribution >= 0.6 is 23.2 Å². The van der Waals surface area contributed by atoms with Crippen LogP contribution in [0.3, 0.4) is 0 Å². The van der Waals surface area contributed by atoms with E-state index in [0.29, 0.717) is 10.7 Å². The van der Waals surface area contributed by atoms with Gasteiger partial charge in [-0.1, -0.05) is 23.2 Å². The van der Waals surface area contributed by atoms with E-state index in [1.807, 2.05) is 0 Å². The SMILES string of the molecule is O=C(Nc1ccc(C(=O)O)c(Cl)c1)c1ccc(Cl)cn1. The number of aromatic carboxylic acids is 1. The number of rotatable bonds is 3. The molecule has 1 aromatic heterocycles. The number of hydrogen-bond acceptors (Lipinski definition) is 3. The molecule has 1 amide bonds. The lowest BCUT2D eigenvalue weighted by molar-refractivity contribution is 0.0697. The third-order valence-corrected chi connectivity index (χ3v) is 2.95. The molecule has 20 heavy (non-hydrogen) atoms. The van der Waals surface area contributed by atoms with Gasteiger partial charge in [0.25, 0.3) is 5.91 Å². The van der Waals surface area contributed by atoms with Gasteiger partial charge in [-0.25, -0.2) is 9.78 Å². The van der Waals surface area contributed by atoms with Crippen molar-refractivity contribution in [2.45, 2.75) is 0 Å². The van der Waals surface area contributed by atoms with Crippen LogP contribution in [0.4, 0.5) is 5.69 Å². The van der Waals surface area contributed by atoms with Crippen LogP contribution < -0.4 is 5.32 Å². The van der Waals surface area contributed by atoms with E-state index in [1.54, 1.807) is 6.07 Å². The number of amides is 1. The van der Waals surface area contributed by atoms with Gasteiger partial charge in [0, 0.05) is 11.9 Å². The molecule has 0 bridgehead atoms. The fourth-order valence-corrected chi connectivity index (χ4v) is 1.84. The van der Waals surface area contributed by atoms with E-state index in [-0.39, 0.29) is 16.3 Å². The van der Waals surface area contributed by atoms with Crippen molar-refractivity contribution in [3.63, 3.8) is 0 Å². The maximum Gasteiger partial charge on any atom is 0.337 e. The first kappa shape index (κ1) is 14.3. The number of nitrogens with one attached hydrogen (secondary N) is 1. The molecule has 0 unspecified atom stereocenters. The van der Waals surface area contributed by atoms with Crippen molar-refractivity contribution in [1.82, 2.24) is 4.98 Å². The number of carbonyl (C=O) groups excluding carboxylic acids is 1. The van der Waals surface area contributed by atoms with Crippen LogP contribution in [0.1, 0.15) is 20.8 Å². The number of anilines is 1. The summed E-state index contributed by atoms with van der Waals surface area (Å²) in [5, 5.41) is 11.9. The van der Waals surface area contributed by atoms with Crippen molar-refractivity contribution in [2.75, 3.05) is 5.32 Å². The summed E-state index contributed by atoms with van der Waals surface area (Å²) in [6.07, 6.45) is 1.36. The second-order valence-electron chi connectivity index (χ2n) is 3.82. The molecule has 0 spiro atoms. The number of hydrogen-bond donors (Lipinski definition) is 2. The molecule has 0 radical (unpaired) electrons. The normalized spacial score (nSPS) is 10.1. The molecule has 102 valence electrons. The Balaban J connectivity index is 2.18. The first-order valence-electron chi connectivity index (χ1n) is 5.43. The lowest BCUT2D eigenvalue weighted by Crippen LogP contribution is -2.13. The summed E-state index contributed by atoms with van der Waals surface area (Å²) in [7, 11) is 0. The summed E-state index contributed by atoms with van der Waals surface area (Å²) >= 11 is 11.5. The number of pyridine rings is 1. The van der Waals surface area contributed by atoms with Gasteiger partial charge in [-0.05, 0) is 30.3 Å². The Hall–Kier alpha value is -2.11. The van der Waals surface area contributed by atoms with Crippen molar-refractivity contribution >= 4 is 40.8 Å². The molecule has 0 fully saturated rings. The van der Waals surface area contributed by atoms with Gasteiger partial charge in [-0.15, -0.1) is 0 Å². The summed E-state index contributed by atoms with van der Waals surface area (Å²) < 4.78 is 0. The van der Waals surface area contributed by atoms with E-state index in [1.165, 1.54) is 30.5 Å². The van der Waals surface area contributed by atoms with Crippen LogP contribution in [-0.4, -0.2) is 22.0 Å². The second kappa shape index (κ2) is 5.90. The Morgan fingerprint density at radius 2 is 1.90 bits per heavy atom. The maximum atomic E-state index is 11.9. The van der Waals surface area contributed by atoms with E-state index in [0.717, 1.165) is 0 Å². The fraction of sp³-hybridized carbons (Fsp3) is 0. The Bertz CT molecular complexity index is 672. The summed E-state index contributed by atoms with van der Waals surface area (Å²) in [6, 6.07) is 7.15. The van der Waals surface area contributed by atoms with Gasteiger partial charge in [0.1, 0.15) is 5.69 Å². The number of aromatic nitrogens is 1. The van der Waals surface area contributed by atoms with Crippen LogP contribution in [0, 0.1) is 0 Å². The van der Waals surface area contributed by atoms with E-state index < -0.39 is 11.9 Å². The summed E-state index contributed by atoms with van der Waals surface area (Å²) in [5.41, 5.74) is 0.531. The van der Waals surface area contributed by atoms with Gasteiger partial charge in [0.15, 0.2) is 0 Å². The molecule has 1 aromatic carbocycles. The number of carbonyl (C=O) groups is 2. The monoisotopic (exact) mass is 310 g/mol. The first-order valence-corrected chi connectivity index (χ1v) is 6.18. The highest BCUT2D eigenvalue weighted by Gasteiger charge is 2.11. The van der Waals surface area contributed by atoms with E-state index in [4.69, 9.17) is 28.3 Å². The Kier molecular flexibility index (Phi) is 4.22. The zero-order valence-electron chi connectivity index (χ0n) is 9.93. The molecule has 2 aromatic rings. The number of carboxylic acid groups (broad SMARTS) is 1. The minimum absolute atomic E-state index is 0.0331. The smallest absolute Gasteiger partial charge is 0.337 e. The lowest BCUT2D eigenvalue weighted by atomic mass is 10.2.